The molecule has 2 rings (SSSR count). The van der Waals surface area contributed by atoms with Crippen LogP contribution in [0.1, 0.15) is 11.9 Å². The summed E-state index contributed by atoms with van der Waals surface area (Å²) >= 11 is 1.77. The van der Waals surface area contributed by atoms with Crippen LogP contribution in [-0.4, -0.2) is 14.2 Å². The molecule has 0 aliphatic carbocycles. The maximum absolute atomic E-state index is 5.43. The SMILES string of the molecule is CC[n+]1c(C)sc2cc(OC)cc(OC)c21. The molecule has 2 aromatic rings. The molecule has 16 heavy (non-hydrogen) atoms. The van der Waals surface area contributed by atoms with E-state index in [1.54, 1.807) is 25.6 Å². The van der Waals surface area contributed by atoms with E-state index >= 15 is 0 Å². The minimum Gasteiger partial charge on any atom is -0.497 e. The van der Waals surface area contributed by atoms with Gasteiger partial charge in [0.15, 0.2) is 5.75 Å². The van der Waals surface area contributed by atoms with Crippen molar-refractivity contribution < 1.29 is 14.0 Å². The summed E-state index contributed by atoms with van der Waals surface area (Å²) in [5, 5.41) is 1.28. The van der Waals surface area contributed by atoms with Gasteiger partial charge in [-0.15, -0.1) is 0 Å². The predicted molar refractivity (Wildman–Crippen MR) is 65.5 cm³/mol. The first-order valence-electron chi connectivity index (χ1n) is 5.26. The Kier molecular flexibility index (Phi) is 3.01. The number of nitrogens with zero attached hydrogens (tertiary/aromatic N) is 1. The fraction of sp³-hybridized carbons (Fsp3) is 0.417. The lowest BCUT2D eigenvalue weighted by molar-refractivity contribution is -0.669. The molecule has 0 fully saturated rings. The van der Waals surface area contributed by atoms with E-state index < -0.39 is 0 Å². The van der Waals surface area contributed by atoms with Crippen molar-refractivity contribution in [2.75, 3.05) is 14.2 Å². The number of thiazole rings is 1. The molecule has 3 nitrogen and oxygen atoms in total. The van der Waals surface area contributed by atoms with Crippen LogP contribution in [0.2, 0.25) is 0 Å². The highest BCUT2D eigenvalue weighted by molar-refractivity contribution is 7.18. The number of hydrogen-bond donors (Lipinski definition) is 0. The first-order chi connectivity index (χ1) is 7.71. The molecule has 0 N–H and O–H groups in total. The van der Waals surface area contributed by atoms with Crippen molar-refractivity contribution in [3.63, 3.8) is 0 Å². The van der Waals surface area contributed by atoms with Crippen molar-refractivity contribution in [2.24, 2.45) is 0 Å². The summed E-state index contributed by atoms with van der Waals surface area (Å²) in [5.74, 6) is 1.72. The molecule has 1 aromatic carbocycles. The molecule has 0 aliphatic rings. The minimum atomic E-state index is 0.842. The summed E-state index contributed by atoms with van der Waals surface area (Å²) < 4.78 is 14.2. The third-order valence-corrected chi connectivity index (χ3v) is 3.74. The van der Waals surface area contributed by atoms with E-state index in [4.69, 9.17) is 9.47 Å². The van der Waals surface area contributed by atoms with Crippen molar-refractivity contribution in [1.82, 2.24) is 0 Å². The van der Waals surface area contributed by atoms with Crippen LogP contribution in [0.15, 0.2) is 12.1 Å². The molecular formula is C12H16NO2S+. The number of aryl methyl sites for hydroxylation is 2. The normalized spacial score (nSPS) is 10.8. The van der Waals surface area contributed by atoms with Crippen molar-refractivity contribution in [2.45, 2.75) is 20.4 Å². The van der Waals surface area contributed by atoms with E-state index in [1.807, 2.05) is 6.07 Å². The maximum Gasteiger partial charge on any atom is 0.266 e. The van der Waals surface area contributed by atoms with Gasteiger partial charge in [0.25, 0.3) is 5.52 Å². The molecule has 0 aliphatic heterocycles. The van der Waals surface area contributed by atoms with Gasteiger partial charge >= 0.3 is 0 Å². The number of hydrogen-bond acceptors (Lipinski definition) is 3. The standard InChI is InChI=1S/C12H16NO2S/c1-5-13-8(2)16-11-7-9(14-3)6-10(15-4)12(11)13/h6-7H,5H2,1-4H3/q+1. The molecule has 0 unspecified atom stereocenters. The van der Waals surface area contributed by atoms with Gasteiger partial charge in [-0.1, -0.05) is 11.3 Å². The fourth-order valence-electron chi connectivity index (χ4n) is 1.93. The predicted octanol–water partition coefficient (Wildman–Crippen LogP) is 2.53. The topological polar surface area (TPSA) is 22.3 Å². The third-order valence-electron chi connectivity index (χ3n) is 2.69. The summed E-state index contributed by atoms with van der Waals surface area (Å²) in [7, 11) is 3.37. The van der Waals surface area contributed by atoms with Gasteiger partial charge in [-0.3, -0.25) is 0 Å². The van der Waals surface area contributed by atoms with Crippen LogP contribution in [0.3, 0.4) is 0 Å². The number of ether oxygens (including phenoxy) is 2. The number of aromatic nitrogens is 1. The number of fused-ring (bicyclic) bond motifs is 1. The molecular weight excluding hydrogens is 222 g/mol. The van der Waals surface area contributed by atoms with Crippen LogP contribution in [0, 0.1) is 6.92 Å². The van der Waals surface area contributed by atoms with E-state index in [-0.39, 0.29) is 0 Å². The molecule has 4 heteroatoms. The average molecular weight is 238 g/mol. The van der Waals surface area contributed by atoms with Crippen LogP contribution in [0.5, 0.6) is 11.5 Å². The lowest BCUT2D eigenvalue weighted by Gasteiger charge is -2.03. The highest BCUT2D eigenvalue weighted by Crippen LogP contribution is 2.32. The zero-order valence-corrected chi connectivity index (χ0v) is 10.9. The molecule has 0 saturated carbocycles. The van der Waals surface area contributed by atoms with Gasteiger partial charge in [0.2, 0.25) is 5.01 Å². The average Bonchev–Trinajstić information content (AvgIpc) is 2.62. The van der Waals surface area contributed by atoms with Crippen molar-refractivity contribution in [3.8, 4) is 11.5 Å². The first kappa shape index (κ1) is 11.2. The van der Waals surface area contributed by atoms with Crippen LogP contribution in [0.4, 0.5) is 0 Å². The third kappa shape index (κ3) is 1.63. The number of rotatable bonds is 3. The Balaban J connectivity index is 2.79. The van der Waals surface area contributed by atoms with Crippen LogP contribution in [-0.2, 0) is 6.54 Å². The smallest absolute Gasteiger partial charge is 0.266 e. The summed E-state index contributed by atoms with van der Waals surface area (Å²) in [6.45, 7) is 5.22. The Bertz CT molecular complexity index is 519. The summed E-state index contributed by atoms with van der Waals surface area (Å²) in [6.07, 6.45) is 0. The lowest BCUT2D eigenvalue weighted by Crippen LogP contribution is -2.33. The molecule has 1 heterocycles. The molecule has 0 atom stereocenters. The van der Waals surface area contributed by atoms with Gasteiger partial charge in [-0.05, 0) is 6.92 Å². The summed E-state index contributed by atoms with van der Waals surface area (Å²) in [5.41, 5.74) is 1.16. The minimum absolute atomic E-state index is 0.842. The highest BCUT2D eigenvalue weighted by atomic mass is 32.1. The van der Waals surface area contributed by atoms with E-state index in [1.165, 1.54) is 9.71 Å². The quantitative estimate of drug-likeness (QED) is 0.767. The zero-order valence-electron chi connectivity index (χ0n) is 10.0. The fourth-order valence-corrected chi connectivity index (χ4v) is 3.06. The van der Waals surface area contributed by atoms with Crippen molar-refractivity contribution in [3.05, 3.63) is 17.1 Å². The lowest BCUT2D eigenvalue weighted by atomic mass is 10.3. The number of methoxy groups -OCH3 is 2. The van der Waals surface area contributed by atoms with Gasteiger partial charge in [-0.2, -0.15) is 4.57 Å². The van der Waals surface area contributed by atoms with E-state index in [9.17, 15) is 0 Å². The summed E-state index contributed by atoms with van der Waals surface area (Å²) in [4.78, 5) is 0. The van der Waals surface area contributed by atoms with E-state index in [2.05, 4.69) is 24.5 Å². The van der Waals surface area contributed by atoms with Crippen LogP contribution >= 0.6 is 11.3 Å². The Hall–Kier alpha value is -1.29. The molecule has 0 amide bonds. The molecule has 0 spiro atoms. The molecule has 1 aromatic heterocycles. The molecule has 0 bridgehead atoms. The van der Waals surface area contributed by atoms with Gasteiger partial charge < -0.3 is 9.47 Å². The van der Waals surface area contributed by atoms with Crippen molar-refractivity contribution in [1.29, 1.82) is 0 Å². The van der Waals surface area contributed by atoms with E-state index in [0.717, 1.165) is 23.6 Å². The maximum atomic E-state index is 5.43. The monoisotopic (exact) mass is 238 g/mol. The van der Waals surface area contributed by atoms with Gasteiger partial charge in [0, 0.05) is 19.1 Å². The van der Waals surface area contributed by atoms with E-state index in [0.29, 0.717) is 0 Å². The van der Waals surface area contributed by atoms with Gasteiger partial charge in [0.05, 0.1) is 14.2 Å². The van der Waals surface area contributed by atoms with Crippen LogP contribution < -0.4 is 14.0 Å². The molecule has 0 saturated heterocycles. The highest BCUT2D eigenvalue weighted by Gasteiger charge is 2.21. The van der Waals surface area contributed by atoms with Crippen LogP contribution in [0.25, 0.3) is 10.2 Å². The largest absolute Gasteiger partial charge is 0.497 e. The second-order valence-corrected chi connectivity index (χ2v) is 4.78. The Morgan fingerprint density at radius 2 is 2.00 bits per heavy atom. The van der Waals surface area contributed by atoms with Gasteiger partial charge in [-0.25, -0.2) is 0 Å². The Morgan fingerprint density at radius 1 is 1.25 bits per heavy atom. The molecule has 86 valence electrons. The summed E-state index contributed by atoms with van der Waals surface area (Å²) in [6, 6.07) is 3.99. The second-order valence-electron chi connectivity index (χ2n) is 3.54. The zero-order chi connectivity index (χ0) is 11.7. The number of benzene rings is 1. The Labute approximate surface area is 99.2 Å². The first-order valence-corrected chi connectivity index (χ1v) is 6.07. The Morgan fingerprint density at radius 3 is 2.56 bits per heavy atom. The molecule has 0 radical (unpaired) electrons. The van der Waals surface area contributed by atoms with Gasteiger partial charge in [0.1, 0.15) is 17.0 Å². The second kappa shape index (κ2) is 4.29. The van der Waals surface area contributed by atoms with Crippen molar-refractivity contribution >= 4 is 21.6 Å².